The number of guanidine groups is 2. The number of carbonyl (C=O) groups excluding carboxylic acids is 1. The lowest BCUT2D eigenvalue weighted by Gasteiger charge is -2.31. The van der Waals surface area contributed by atoms with Gasteiger partial charge in [-0.3, -0.25) is 9.98 Å². The molecule has 0 bridgehead atoms. The number of amides is 2. The maximum atomic E-state index is 14.1. The summed E-state index contributed by atoms with van der Waals surface area (Å²) in [5, 5.41) is 3.27. The molecule has 0 saturated heterocycles. The molecule has 0 heterocycles. The Morgan fingerprint density at radius 1 is 0.520 bits per heavy atom. The predicted octanol–water partition coefficient (Wildman–Crippen LogP) is 6.58. The third-order valence-corrected chi connectivity index (χ3v) is 9.81. The quantitative estimate of drug-likeness (QED) is 0.0241. The Morgan fingerprint density at radius 2 is 0.900 bits per heavy atom. The lowest BCUT2D eigenvalue weighted by molar-refractivity contribution is 0.148. The third kappa shape index (κ3) is 29.5. The summed E-state index contributed by atoms with van der Waals surface area (Å²) in [7, 11) is 0. The number of carbonyl (C=O) groups is 1. The summed E-state index contributed by atoms with van der Waals surface area (Å²) >= 11 is 0. The van der Waals surface area contributed by atoms with Gasteiger partial charge in [0, 0.05) is 45.8 Å². The van der Waals surface area contributed by atoms with Crippen molar-refractivity contribution in [1.82, 2.24) is 15.1 Å². The first-order valence-electron chi connectivity index (χ1n) is 21.0. The molecule has 11 N–H and O–H groups in total. The van der Waals surface area contributed by atoms with Crippen LogP contribution in [0.2, 0.25) is 0 Å². The molecule has 1 rings (SSSR count). The molecule has 294 valence electrons. The molecule has 0 atom stereocenters. The van der Waals surface area contributed by atoms with Crippen LogP contribution in [0.5, 0.6) is 0 Å². The van der Waals surface area contributed by atoms with Gasteiger partial charge in [-0.2, -0.15) is 0 Å². The number of nitrogens with two attached hydrogens (primary N) is 5. The highest BCUT2D eigenvalue weighted by Gasteiger charge is 2.21. The van der Waals surface area contributed by atoms with Gasteiger partial charge in [0.05, 0.1) is 0 Å². The van der Waals surface area contributed by atoms with Crippen LogP contribution in [0.3, 0.4) is 0 Å². The van der Waals surface area contributed by atoms with Gasteiger partial charge in [0.15, 0.2) is 11.9 Å². The van der Waals surface area contributed by atoms with E-state index in [2.05, 4.69) is 25.1 Å². The normalized spacial score (nSPS) is 13.0. The average Bonchev–Trinajstić information content (AvgIpc) is 3.94. The molecular weight excluding hydrogens is 624 g/mol. The van der Waals surface area contributed by atoms with Gasteiger partial charge in [-0.1, -0.05) is 103 Å². The van der Waals surface area contributed by atoms with Crippen molar-refractivity contribution >= 4 is 18.0 Å². The van der Waals surface area contributed by atoms with Crippen LogP contribution in [0.25, 0.3) is 0 Å². The van der Waals surface area contributed by atoms with Gasteiger partial charge in [-0.25, -0.2) is 4.79 Å². The molecule has 2 amide bonds. The van der Waals surface area contributed by atoms with E-state index in [0.717, 1.165) is 122 Å². The van der Waals surface area contributed by atoms with E-state index in [4.69, 9.17) is 28.7 Å². The van der Waals surface area contributed by atoms with Crippen LogP contribution >= 0.6 is 0 Å². The first-order chi connectivity index (χ1) is 24.5. The molecule has 1 saturated carbocycles. The summed E-state index contributed by atoms with van der Waals surface area (Å²) in [6, 6.07) is 0.264. The number of nitrogens with zero attached hydrogens (tertiary/aromatic N) is 4. The van der Waals surface area contributed by atoms with Gasteiger partial charge >= 0.3 is 6.03 Å². The Hall–Kier alpha value is -2.27. The average molecular weight is 707 g/mol. The van der Waals surface area contributed by atoms with E-state index < -0.39 is 0 Å². The van der Waals surface area contributed by atoms with Crippen LogP contribution in [0.15, 0.2) is 9.98 Å². The van der Waals surface area contributed by atoms with E-state index in [1.165, 1.54) is 103 Å². The number of hydrogen-bond acceptors (Lipinski definition) is 5. The van der Waals surface area contributed by atoms with Crippen molar-refractivity contribution in [2.75, 3.05) is 58.9 Å². The van der Waals surface area contributed by atoms with Crippen LogP contribution in [0.1, 0.15) is 167 Å². The van der Waals surface area contributed by atoms with Crippen LogP contribution in [-0.2, 0) is 0 Å². The van der Waals surface area contributed by atoms with Crippen LogP contribution < -0.4 is 34.0 Å². The Morgan fingerprint density at radius 3 is 1.30 bits per heavy atom. The lowest BCUT2D eigenvalue weighted by atomic mass is 10.1. The minimum atomic E-state index is 0.178. The zero-order valence-corrected chi connectivity index (χ0v) is 32.4. The van der Waals surface area contributed by atoms with Crippen molar-refractivity contribution in [1.29, 1.82) is 0 Å². The van der Waals surface area contributed by atoms with Crippen molar-refractivity contribution in [3.05, 3.63) is 0 Å². The van der Waals surface area contributed by atoms with Crippen molar-refractivity contribution < 1.29 is 4.79 Å². The molecule has 0 aliphatic heterocycles. The van der Waals surface area contributed by atoms with E-state index in [9.17, 15) is 4.79 Å². The van der Waals surface area contributed by atoms with E-state index in [0.29, 0.717) is 12.5 Å². The fraction of sp³-hybridized carbons (Fsp3) is 0.923. The smallest absolute Gasteiger partial charge is 0.319 e. The Balaban J connectivity index is 2.54. The molecule has 0 radical (unpaired) electrons. The summed E-state index contributed by atoms with van der Waals surface area (Å²) in [6.07, 6.45) is 30.5. The summed E-state index contributed by atoms with van der Waals surface area (Å²) in [6.45, 7) is 7.53. The molecule has 1 fully saturated rings. The second kappa shape index (κ2) is 33.9. The van der Waals surface area contributed by atoms with Crippen LogP contribution in [0, 0.1) is 5.92 Å². The third-order valence-electron chi connectivity index (χ3n) is 9.81. The molecule has 0 aromatic carbocycles. The number of aliphatic imine (C=N–C) groups is 2. The second-order valence-corrected chi connectivity index (χ2v) is 14.7. The lowest BCUT2D eigenvalue weighted by Crippen LogP contribution is -2.45. The monoisotopic (exact) mass is 707 g/mol. The highest BCUT2D eigenvalue weighted by Crippen LogP contribution is 2.28. The van der Waals surface area contributed by atoms with Crippen LogP contribution in [0.4, 0.5) is 4.79 Å². The molecule has 0 aromatic heterocycles. The molecule has 50 heavy (non-hydrogen) atoms. The van der Waals surface area contributed by atoms with Crippen LogP contribution in [-0.4, -0.2) is 86.7 Å². The SMILES string of the molecule is NCCCCCCCCN(CCCCCCCCN=C(N)N)C(=O)N(CCCCCCCCN)CCCCCCCCNC(N)=NCC1CC1. The van der Waals surface area contributed by atoms with Crippen molar-refractivity contribution in [2.45, 2.75) is 167 Å². The van der Waals surface area contributed by atoms with Crippen molar-refractivity contribution in [2.24, 2.45) is 44.6 Å². The fourth-order valence-corrected chi connectivity index (χ4v) is 6.38. The van der Waals surface area contributed by atoms with E-state index in [-0.39, 0.29) is 12.0 Å². The van der Waals surface area contributed by atoms with E-state index in [1.807, 2.05) is 0 Å². The van der Waals surface area contributed by atoms with Gasteiger partial charge in [0.1, 0.15) is 0 Å². The summed E-state index contributed by atoms with van der Waals surface area (Å²) in [4.78, 5) is 27.0. The first-order valence-corrected chi connectivity index (χ1v) is 21.0. The zero-order valence-electron chi connectivity index (χ0n) is 32.4. The Bertz CT molecular complexity index is 832. The van der Waals surface area contributed by atoms with Gasteiger partial charge in [0.25, 0.3) is 0 Å². The summed E-state index contributed by atoms with van der Waals surface area (Å²) in [5.74, 6) is 1.55. The number of nitrogens with one attached hydrogen (secondary N) is 1. The van der Waals surface area contributed by atoms with E-state index >= 15 is 0 Å². The fourth-order valence-electron chi connectivity index (χ4n) is 6.38. The number of urea groups is 1. The predicted molar refractivity (Wildman–Crippen MR) is 215 cm³/mol. The van der Waals surface area contributed by atoms with Crippen molar-refractivity contribution in [3.8, 4) is 0 Å². The number of rotatable bonds is 36. The zero-order chi connectivity index (χ0) is 36.3. The first kappa shape index (κ1) is 45.8. The Kier molecular flexibility index (Phi) is 31.0. The molecule has 11 nitrogen and oxygen atoms in total. The number of unbranched alkanes of at least 4 members (excludes halogenated alkanes) is 20. The van der Waals surface area contributed by atoms with Gasteiger partial charge in [-0.15, -0.1) is 0 Å². The molecule has 0 unspecified atom stereocenters. The molecule has 1 aliphatic rings. The minimum absolute atomic E-state index is 0.178. The van der Waals surface area contributed by atoms with Gasteiger partial charge < -0.3 is 43.8 Å². The summed E-state index contributed by atoms with van der Waals surface area (Å²) < 4.78 is 0. The van der Waals surface area contributed by atoms with Gasteiger partial charge in [-0.05, 0) is 83.2 Å². The largest absolute Gasteiger partial charge is 0.370 e. The highest BCUT2D eigenvalue weighted by atomic mass is 16.2. The molecule has 1 aliphatic carbocycles. The second-order valence-electron chi connectivity index (χ2n) is 14.7. The van der Waals surface area contributed by atoms with E-state index in [1.54, 1.807) is 0 Å². The number of hydrogen-bond donors (Lipinski definition) is 6. The van der Waals surface area contributed by atoms with Gasteiger partial charge in [0.2, 0.25) is 0 Å². The molecule has 0 spiro atoms. The molecular formula is C39H82N10O. The van der Waals surface area contributed by atoms with Crippen molar-refractivity contribution in [3.63, 3.8) is 0 Å². The standard InChI is InChI=1S/C39H82N10O/c40-27-17-9-1-5-13-21-31-48(33-23-15-7-3-11-19-29-45-37(42)43)39(50)49(32-22-14-6-2-10-18-28-41)34-24-16-8-4-12-20-30-46-38(44)47-35-36-25-26-36/h36H,1-35,40-41H2,(H4,42,43,45)(H3,44,46,47). The molecule has 11 heteroatoms. The Labute approximate surface area is 307 Å². The topological polar surface area (TPSA) is 190 Å². The summed E-state index contributed by atoms with van der Waals surface area (Å²) in [5.41, 5.74) is 28.2. The highest BCUT2D eigenvalue weighted by molar-refractivity contribution is 5.77. The minimum Gasteiger partial charge on any atom is -0.370 e. The maximum Gasteiger partial charge on any atom is 0.319 e. The molecule has 0 aromatic rings. The maximum absolute atomic E-state index is 14.1.